The Hall–Kier alpha value is -4.28. The summed E-state index contributed by atoms with van der Waals surface area (Å²) in [6.07, 6.45) is 5.83. The molecule has 0 spiro atoms. The van der Waals surface area contributed by atoms with Gasteiger partial charge in [-0.3, -0.25) is 9.69 Å². The Balaban J connectivity index is 1.32. The van der Waals surface area contributed by atoms with Crippen molar-refractivity contribution in [3.63, 3.8) is 0 Å². The van der Waals surface area contributed by atoms with Gasteiger partial charge in [0.15, 0.2) is 5.65 Å². The van der Waals surface area contributed by atoms with E-state index in [1.165, 1.54) is 6.33 Å². The van der Waals surface area contributed by atoms with Crippen LogP contribution in [-0.2, 0) is 9.53 Å². The molecule has 2 aromatic heterocycles. The van der Waals surface area contributed by atoms with Crippen molar-refractivity contribution in [3.8, 4) is 22.8 Å². The molecule has 1 unspecified atom stereocenters. The van der Waals surface area contributed by atoms with Crippen LogP contribution < -0.4 is 10.5 Å². The van der Waals surface area contributed by atoms with Crippen molar-refractivity contribution in [3.05, 3.63) is 73.1 Å². The van der Waals surface area contributed by atoms with E-state index in [0.29, 0.717) is 48.8 Å². The standard InChI is InChI=1S/C30H35N7O3/c1-3-35(18-19-39-2)16-7-10-26(38)36-17-15-23(20-36)37-30-27(29(31)32-21-33-30)28(34-37)22-11-13-25(14-12-22)40-24-8-5-4-6-9-24/h4-14,21,23H,3,15-20H2,1-2H3,(H2,31,32,33). The fraction of sp³-hybridized carbons (Fsp3) is 0.333. The lowest BCUT2D eigenvalue weighted by atomic mass is 10.1. The molecule has 1 fully saturated rings. The summed E-state index contributed by atoms with van der Waals surface area (Å²) < 4.78 is 13.0. The number of hydrogen-bond acceptors (Lipinski definition) is 8. The van der Waals surface area contributed by atoms with Gasteiger partial charge in [0, 0.05) is 44.9 Å². The van der Waals surface area contributed by atoms with Gasteiger partial charge in [-0.1, -0.05) is 31.2 Å². The number of fused-ring (bicyclic) bond motifs is 1. The number of benzene rings is 2. The van der Waals surface area contributed by atoms with Gasteiger partial charge in [-0.05, 0) is 49.4 Å². The highest BCUT2D eigenvalue weighted by Crippen LogP contribution is 2.35. The van der Waals surface area contributed by atoms with Crippen LogP contribution in [0.2, 0.25) is 0 Å². The van der Waals surface area contributed by atoms with Gasteiger partial charge in [-0.15, -0.1) is 0 Å². The molecule has 1 amide bonds. The van der Waals surface area contributed by atoms with Gasteiger partial charge >= 0.3 is 0 Å². The number of nitrogens with two attached hydrogens (primary N) is 1. The molecule has 0 saturated carbocycles. The van der Waals surface area contributed by atoms with Gasteiger partial charge in [0.2, 0.25) is 5.91 Å². The first kappa shape index (κ1) is 27.3. The van der Waals surface area contributed by atoms with Crippen LogP contribution in [0.3, 0.4) is 0 Å². The third-order valence-corrected chi connectivity index (χ3v) is 7.13. The smallest absolute Gasteiger partial charge is 0.246 e. The molecule has 1 aliphatic rings. The number of nitrogen functional groups attached to an aromatic ring is 1. The number of likely N-dealkylation sites (tertiary alicyclic amines) is 1. The molecule has 3 heterocycles. The van der Waals surface area contributed by atoms with Crippen molar-refractivity contribution in [2.45, 2.75) is 19.4 Å². The fourth-order valence-corrected chi connectivity index (χ4v) is 4.91. The van der Waals surface area contributed by atoms with Gasteiger partial charge in [0.1, 0.15) is 29.3 Å². The summed E-state index contributed by atoms with van der Waals surface area (Å²) in [5.41, 5.74) is 8.58. The van der Waals surface area contributed by atoms with E-state index in [4.69, 9.17) is 20.3 Å². The average Bonchev–Trinajstić information content (AvgIpc) is 3.62. The molecule has 10 heteroatoms. The summed E-state index contributed by atoms with van der Waals surface area (Å²) in [4.78, 5) is 25.8. The zero-order chi connectivity index (χ0) is 27.9. The number of anilines is 1. The lowest BCUT2D eigenvalue weighted by molar-refractivity contribution is -0.125. The Labute approximate surface area is 234 Å². The van der Waals surface area contributed by atoms with Crippen molar-refractivity contribution in [2.24, 2.45) is 0 Å². The Morgan fingerprint density at radius 2 is 1.90 bits per heavy atom. The third kappa shape index (κ3) is 6.13. The molecular weight excluding hydrogens is 506 g/mol. The minimum atomic E-state index is -0.0163. The monoisotopic (exact) mass is 541 g/mol. The summed E-state index contributed by atoms with van der Waals surface area (Å²) in [6.45, 7) is 6.41. The van der Waals surface area contributed by atoms with E-state index in [1.54, 1.807) is 13.2 Å². The van der Waals surface area contributed by atoms with Crippen molar-refractivity contribution >= 4 is 22.8 Å². The predicted octanol–water partition coefficient (Wildman–Crippen LogP) is 4.17. The highest BCUT2D eigenvalue weighted by Gasteiger charge is 2.30. The molecule has 0 radical (unpaired) electrons. The molecule has 2 N–H and O–H groups in total. The van der Waals surface area contributed by atoms with E-state index in [9.17, 15) is 4.79 Å². The molecule has 208 valence electrons. The van der Waals surface area contributed by atoms with Crippen LogP contribution >= 0.6 is 0 Å². The highest BCUT2D eigenvalue weighted by molar-refractivity contribution is 5.98. The van der Waals surface area contributed by atoms with Crippen molar-refractivity contribution in [1.82, 2.24) is 29.5 Å². The number of amides is 1. The maximum absolute atomic E-state index is 12.9. The summed E-state index contributed by atoms with van der Waals surface area (Å²) in [7, 11) is 1.70. The number of carbonyl (C=O) groups excluding carboxylic acids is 1. The topological polar surface area (TPSA) is 112 Å². The molecule has 0 aliphatic carbocycles. The van der Waals surface area contributed by atoms with Crippen LogP contribution in [0.1, 0.15) is 19.4 Å². The Kier molecular flexibility index (Phi) is 8.68. The zero-order valence-corrected chi connectivity index (χ0v) is 22.9. The van der Waals surface area contributed by atoms with Gasteiger partial charge in [0.05, 0.1) is 18.0 Å². The van der Waals surface area contributed by atoms with Gasteiger partial charge in [-0.2, -0.15) is 5.10 Å². The first-order valence-electron chi connectivity index (χ1n) is 13.6. The molecule has 40 heavy (non-hydrogen) atoms. The minimum absolute atomic E-state index is 0.00474. The molecule has 5 rings (SSSR count). The van der Waals surface area contributed by atoms with Crippen LogP contribution in [0.25, 0.3) is 22.3 Å². The summed E-state index contributed by atoms with van der Waals surface area (Å²) >= 11 is 0. The second-order valence-corrected chi connectivity index (χ2v) is 9.71. The number of hydrogen-bond donors (Lipinski definition) is 1. The first-order chi connectivity index (χ1) is 19.6. The van der Waals surface area contributed by atoms with Crippen molar-refractivity contribution in [2.75, 3.05) is 52.2 Å². The fourth-order valence-electron chi connectivity index (χ4n) is 4.91. The number of nitrogens with zero attached hydrogens (tertiary/aromatic N) is 6. The van der Waals surface area contributed by atoms with E-state index >= 15 is 0 Å². The number of aromatic nitrogens is 4. The maximum atomic E-state index is 12.9. The number of carbonyl (C=O) groups is 1. The van der Waals surface area contributed by atoms with E-state index in [2.05, 4.69) is 21.8 Å². The quantitative estimate of drug-likeness (QED) is 0.282. The summed E-state index contributed by atoms with van der Waals surface area (Å²) in [5.74, 6) is 1.87. The third-order valence-electron chi connectivity index (χ3n) is 7.13. The lowest BCUT2D eigenvalue weighted by Crippen LogP contribution is -2.29. The molecule has 4 aromatic rings. The number of ether oxygens (including phenoxy) is 2. The SMILES string of the molecule is CCN(CC=CC(=O)N1CCC(n2nc(-c3ccc(Oc4ccccc4)cc3)c3c(N)ncnc32)C1)CCOC. The molecule has 1 aliphatic heterocycles. The van der Waals surface area contributed by atoms with Crippen LogP contribution in [0, 0.1) is 0 Å². The van der Waals surface area contributed by atoms with Crippen LogP contribution in [0.5, 0.6) is 11.5 Å². The molecular formula is C30H35N7O3. The van der Waals surface area contributed by atoms with E-state index < -0.39 is 0 Å². The predicted molar refractivity (Wildman–Crippen MR) is 155 cm³/mol. The molecule has 2 aromatic carbocycles. The largest absolute Gasteiger partial charge is 0.457 e. The Morgan fingerprint density at radius 1 is 1.12 bits per heavy atom. The Bertz CT molecular complexity index is 1450. The zero-order valence-electron chi connectivity index (χ0n) is 22.9. The second kappa shape index (κ2) is 12.7. The molecule has 10 nitrogen and oxygen atoms in total. The Morgan fingerprint density at radius 3 is 2.65 bits per heavy atom. The number of likely N-dealkylation sites (N-methyl/N-ethyl adjacent to an activating group) is 1. The van der Waals surface area contributed by atoms with Gasteiger partial charge in [-0.25, -0.2) is 14.6 Å². The van der Waals surface area contributed by atoms with Crippen LogP contribution in [0.4, 0.5) is 5.82 Å². The van der Waals surface area contributed by atoms with E-state index in [0.717, 1.165) is 36.6 Å². The lowest BCUT2D eigenvalue weighted by Gasteiger charge is -2.18. The molecule has 1 atom stereocenters. The van der Waals surface area contributed by atoms with Crippen LogP contribution in [-0.4, -0.2) is 81.9 Å². The number of rotatable bonds is 11. The van der Waals surface area contributed by atoms with Crippen molar-refractivity contribution in [1.29, 1.82) is 0 Å². The van der Waals surface area contributed by atoms with Crippen LogP contribution in [0.15, 0.2) is 73.1 Å². The maximum Gasteiger partial charge on any atom is 0.246 e. The van der Waals surface area contributed by atoms with Gasteiger partial charge < -0.3 is 20.1 Å². The molecule has 1 saturated heterocycles. The summed E-state index contributed by atoms with van der Waals surface area (Å²) in [6, 6.07) is 17.4. The highest BCUT2D eigenvalue weighted by atomic mass is 16.5. The van der Waals surface area contributed by atoms with E-state index in [1.807, 2.05) is 70.3 Å². The van der Waals surface area contributed by atoms with Crippen molar-refractivity contribution < 1.29 is 14.3 Å². The normalized spacial score (nSPS) is 15.5. The second-order valence-electron chi connectivity index (χ2n) is 9.71. The van der Waals surface area contributed by atoms with E-state index in [-0.39, 0.29) is 11.9 Å². The number of para-hydroxylation sites is 1. The first-order valence-corrected chi connectivity index (χ1v) is 13.6. The molecule has 0 bridgehead atoms. The minimum Gasteiger partial charge on any atom is -0.457 e. The number of methoxy groups -OCH3 is 1. The average molecular weight is 542 g/mol. The summed E-state index contributed by atoms with van der Waals surface area (Å²) in [5, 5.41) is 5.66. The van der Waals surface area contributed by atoms with Gasteiger partial charge in [0.25, 0.3) is 0 Å².